The van der Waals surface area contributed by atoms with E-state index in [9.17, 15) is 9.90 Å². The number of hydrogen-bond donors (Lipinski definition) is 1. The summed E-state index contributed by atoms with van der Waals surface area (Å²) in [5.41, 5.74) is 3.36. The summed E-state index contributed by atoms with van der Waals surface area (Å²) in [5, 5.41) is 10.2. The fourth-order valence-electron chi connectivity index (χ4n) is 5.63. The van der Waals surface area contributed by atoms with Gasteiger partial charge in [0.25, 0.3) is 5.91 Å². The van der Waals surface area contributed by atoms with Crippen molar-refractivity contribution in [2.75, 3.05) is 31.3 Å². The van der Waals surface area contributed by atoms with Crippen LogP contribution in [0.2, 0.25) is 0 Å². The molecule has 37 heavy (non-hydrogen) atoms. The Kier molecular flexibility index (Phi) is 10.5. The summed E-state index contributed by atoms with van der Waals surface area (Å²) >= 11 is 0. The number of carbonyl (C=O) groups is 1. The number of amides is 1. The number of ether oxygens (including phenoxy) is 2. The maximum atomic E-state index is 13.1. The Bertz CT molecular complexity index is 1020. The van der Waals surface area contributed by atoms with Crippen molar-refractivity contribution in [2.45, 2.75) is 51.7 Å². The fraction of sp³-hybridized carbons (Fsp3) is 0.469. The van der Waals surface area contributed by atoms with Crippen molar-refractivity contribution in [3.8, 4) is 0 Å². The molecule has 2 aliphatic rings. The van der Waals surface area contributed by atoms with Crippen molar-refractivity contribution >= 4 is 11.6 Å². The number of carbonyl (C=O) groups excluding carboxylic acids is 1. The van der Waals surface area contributed by atoms with Crippen molar-refractivity contribution < 1.29 is 19.4 Å². The molecule has 198 valence electrons. The summed E-state index contributed by atoms with van der Waals surface area (Å²) in [6.07, 6.45) is 11.1. The quantitative estimate of drug-likeness (QED) is 0.324. The van der Waals surface area contributed by atoms with Gasteiger partial charge in [0.15, 0.2) is 0 Å². The first-order chi connectivity index (χ1) is 18.1. The zero-order valence-electron chi connectivity index (χ0n) is 22.0. The monoisotopic (exact) mass is 503 g/mol. The van der Waals surface area contributed by atoms with Crippen LogP contribution in [0.4, 0.5) is 5.69 Å². The molecule has 0 radical (unpaired) electrons. The first kappa shape index (κ1) is 27.3. The largest absolute Gasteiger partial charge is 0.389 e. The standard InChI is InChI=1S/C32H41NO4/c1-2-36-20-18-30(34)16-15-27-13-14-28-21-26(22-31(27)28)17-19-37-24-32(35)33(29-11-7-4-8-12-29)23-25-9-5-3-6-10-25/h3-13,15-16,26,28,30-31,34H,2,14,17-24H2,1H3/t26-,28+,30?,31-/m0/s1. The second-order valence-corrected chi connectivity index (χ2v) is 10.2. The molecule has 2 aliphatic carbocycles. The minimum Gasteiger partial charge on any atom is -0.389 e. The molecule has 2 aromatic carbocycles. The first-order valence-corrected chi connectivity index (χ1v) is 13.7. The predicted molar refractivity (Wildman–Crippen MR) is 148 cm³/mol. The summed E-state index contributed by atoms with van der Waals surface area (Å²) < 4.78 is 11.2. The fourth-order valence-corrected chi connectivity index (χ4v) is 5.63. The molecule has 0 bridgehead atoms. The number of para-hydroxylation sites is 1. The van der Waals surface area contributed by atoms with Gasteiger partial charge in [0.2, 0.25) is 0 Å². The highest BCUT2D eigenvalue weighted by Gasteiger charge is 2.37. The van der Waals surface area contributed by atoms with E-state index in [2.05, 4.69) is 12.2 Å². The number of nitrogens with zero attached hydrogens (tertiary/aromatic N) is 1. The van der Waals surface area contributed by atoms with Crippen molar-refractivity contribution in [1.29, 1.82) is 0 Å². The highest BCUT2D eigenvalue weighted by Crippen LogP contribution is 2.48. The van der Waals surface area contributed by atoms with Crippen molar-refractivity contribution in [2.24, 2.45) is 17.8 Å². The molecular formula is C32H41NO4. The van der Waals surface area contributed by atoms with Crippen LogP contribution in [0.15, 0.2) is 84.5 Å². The van der Waals surface area contributed by atoms with Gasteiger partial charge in [0.05, 0.1) is 12.6 Å². The lowest BCUT2D eigenvalue weighted by Gasteiger charge is -2.23. The van der Waals surface area contributed by atoms with Crippen molar-refractivity contribution in [3.63, 3.8) is 0 Å². The van der Waals surface area contributed by atoms with Gasteiger partial charge in [-0.3, -0.25) is 4.79 Å². The summed E-state index contributed by atoms with van der Waals surface area (Å²) in [6, 6.07) is 19.9. The topological polar surface area (TPSA) is 59.0 Å². The molecule has 1 fully saturated rings. The van der Waals surface area contributed by atoms with Crippen molar-refractivity contribution in [1.82, 2.24) is 0 Å². The van der Waals surface area contributed by atoms with E-state index in [1.54, 1.807) is 0 Å². The van der Waals surface area contributed by atoms with Crippen LogP contribution in [0.25, 0.3) is 0 Å². The molecule has 1 unspecified atom stereocenters. The Morgan fingerprint density at radius 3 is 2.57 bits per heavy atom. The smallest absolute Gasteiger partial charge is 0.253 e. The Labute approximate surface area is 221 Å². The van der Waals surface area contributed by atoms with Crippen LogP contribution in [-0.2, 0) is 20.8 Å². The number of anilines is 1. The van der Waals surface area contributed by atoms with Crippen molar-refractivity contribution in [3.05, 3.63) is 90.0 Å². The highest BCUT2D eigenvalue weighted by atomic mass is 16.5. The highest BCUT2D eigenvalue weighted by molar-refractivity contribution is 5.94. The van der Waals surface area contributed by atoms with Gasteiger partial charge in [-0.25, -0.2) is 0 Å². The first-order valence-electron chi connectivity index (χ1n) is 13.7. The molecule has 4 atom stereocenters. The number of hydrogen-bond acceptors (Lipinski definition) is 4. The van der Waals surface area contributed by atoms with Crippen LogP contribution in [-0.4, -0.2) is 43.5 Å². The summed E-state index contributed by atoms with van der Waals surface area (Å²) in [5.74, 6) is 1.89. The predicted octanol–water partition coefficient (Wildman–Crippen LogP) is 5.94. The average Bonchev–Trinajstić information content (AvgIpc) is 3.50. The number of rotatable bonds is 14. The Hall–Kier alpha value is -2.73. The Morgan fingerprint density at radius 2 is 1.81 bits per heavy atom. The van der Waals surface area contributed by atoms with Gasteiger partial charge in [0.1, 0.15) is 6.61 Å². The van der Waals surface area contributed by atoms with Crippen LogP contribution in [0, 0.1) is 17.8 Å². The third-order valence-electron chi connectivity index (χ3n) is 7.60. The van der Waals surface area contributed by atoms with E-state index in [0.717, 1.165) is 30.5 Å². The lowest BCUT2D eigenvalue weighted by Crippen LogP contribution is -2.33. The lowest BCUT2D eigenvalue weighted by molar-refractivity contribution is -0.123. The minimum absolute atomic E-state index is 0.0170. The van der Waals surface area contributed by atoms with Gasteiger partial charge in [-0.1, -0.05) is 66.8 Å². The molecule has 5 heteroatoms. The average molecular weight is 504 g/mol. The van der Waals surface area contributed by atoms with E-state index in [1.807, 2.05) is 78.6 Å². The molecule has 1 N–H and O–H groups in total. The van der Waals surface area contributed by atoms with Gasteiger partial charge in [-0.15, -0.1) is 0 Å². The third-order valence-corrected chi connectivity index (χ3v) is 7.60. The molecule has 0 saturated heterocycles. The van der Waals surface area contributed by atoms with Crippen LogP contribution in [0.1, 0.15) is 44.6 Å². The van der Waals surface area contributed by atoms with Gasteiger partial charge in [-0.2, -0.15) is 0 Å². The number of aliphatic hydroxyl groups excluding tert-OH is 1. The Morgan fingerprint density at radius 1 is 1.05 bits per heavy atom. The van der Waals surface area contributed by atoms with Crippen LogP contribution in [0.5, 0.6) is 0 Å². The number of fused-ring (bicyclic) bond motifs is 1. The molecule has 0 aromatic heterocycles. The zero-order chi connectivity index (χ0) is 25.9. The molecule has 0 heterocycles. The molecule has 2 aromatic rings. The molecule has 1 amide bonds. The maximum absolute atomic E-state index is 13.1. The van der Waals surface area contributed by atoms with E-state index in [-0.39, 0.29) is 12.5 Å². The molecule has 0 aliphatic heterocycles. The van der Waals surface area contributed by atoms with Gasteiger partial charge < -0.3 is 19.5 Å². The number of allylic oxidation sites excluding steroid dienone is 3. The van der Waals surface area contributed by atoms with Crippen LogP contribution < -0.4 is 4.90 Å². The second kappa shape index (κ2) is 14.3. The summed E-state index contributed by atoms with van der Waals surface area (Å²) in [6.45, 7) is 4.47. The second-order valence-electron chi connectivity index (χ2n) is 10.2. The van der Waals surface area contributed by atoms with Gasteiger partial charge in [0, 0.05) is 31.9 Å². The number of aliphatic hydroxyl groups is 1. The molecule has 5 nitrogen and oxygen atoms in total. The van der Waals surface area contributed by atoms with E-state index in [1.165, 1.54) is 12.0 Å². The summed E-state index contributed by atoms with van der Waals surface area (Å²) in [4.78, 5) is 14.9. The summed E-state index contributed by atoms with van der Waals surface area (Å²) in [7, 11) is 0. The SMILES string of the molecule is CCOCCC(O)C=CC1=CC[C@@H]2C[C@H](CCOCC(=O)N(Cc3ccccc3)c3ccccc3)C[C@@H]12. The molecule has 4 rings (SSSR count). The maximum Gasteiger partial charge on any atom is 0.253 e. The Balaban J connectivity index is 1.21. The third kappa shape index (κ3) is 8.13. The molecule has 1 saturated carbocycles. The van der Waals surface area contributed by atoms with E-state index >= 15 is 0 Å². The van der Waals surface area contributed by atoms with Crippen LogP contribution >= 0.6 is 0 Å². The lowest BCUT2D eigenvalue weighted by atomic mass is 9.94. The normalized spacial score (nSPS) is 21.7. The van der Waals surface area contributed by atoms with Crippen LogP contribution in [0.3, 0.4) is 0 Å². The molecular weight excluding hydrogens is 462 g/mol. The van der Waals surface area contributed by atoms with E-state index in [4.69, 9.17) is 9.47 Å². The molecule has 0 spiro atoms. The van der Waals surface area contributed by atoms with E-state index in [0.29, 0.717) is 50.5 Å². The zero-order valence-corrected chi connectivity index (χ0v) is 22.0. The van der Waals surface area contributed by atoms with Gasteiger partial charge in [-0.05, 0) is 73.6 Å². The number of benzene rings is 2. The minimum atomic E-state index is -0.452. The van der Waals surface area contributed by atoms with Gasteiger partial charge >= 0.3 is 0 Å². The van der Waals surface area contributed by atoms with E-state index < -0.39 is 6.10 Å².